The maximum Gasteiger partial charge on any atom is 0.233 e. The Kier molecular flexibility index (Phi) is 6.76. The second-order valence-electron chi connectivity index (χ2n) is 7.51. The van der Waals surface area contributed by atoms with Crippen molar-refractivity contribution in [3.63, 3.8) is 0 Å². The van der Waals surface area contributed by atoms with Crippen molar-refractivity contribution in [1.29, 1.82) is 0 Å². The van der Waals surface area contributed by atoms with Crippen molar-refractivity contribution in [3.8, 4) is 0 Å². The summed E-state index contributed by atoms with van der Waals surface area (Å²) in [5.74, 6) is 1.30. The van der Waals surface area contributed by atoms with Gasteiger partial charge in [0.1, 0.15) is 0 Å². The fraction of sp³-hybridized carbons (Fsp3) is 0.550. The third kappa shape index (κ3) is 5.45. The first-order chi connectivity index (χ1) is 12.9. The van der Waals surface area contributed by atoms with E-state index in [1.54, 1.807) is 0 Å². The summed E-state index contributed by atoms with van der Waals surface area (Å²) < 4.78 is 0.804. The summed E-state index contributed by atoms with van der Waals surface area (Å²) >= 11 is 2.95. The highest BCUT2D eigenvalue weighted by Gasteiger charge is 2.29. The Morgan fingerprint density at radius 2 is 2.11 bits per heavy atom. The number of nitrogens with one attached hydrogen (secondary N) is 2. The lowest BCUT2D eigenvalue weighted by atomic mass is 9.78. The monoisotopic (exact) mass is 404 g/mol. The Labute approximate surface area is 169 Å². The summed E-state index contributed by atoms with van der Waals surface area (Å²) in [5.41, 5.74) is 2.18. The number of amides is 1. The van der Waals surface area contributed by atoms with Gasteiger partial charge in [-0.3, -0.25) is 4.79 Å². The van der Waals surface area contributed by atoms with Crippen LogP contribution >= 0.6 is 23.1 Å². The molecule has 0 aliphatic heterocycles. The number of carbonyl (C=O) groups excluding carboxylic acids is 1. The van der Waals surface area contributed by atoms with Crippen molar-refractivity contribution < 1.29 is 4.79 Å². The van der Waals surface area contributed by atoms with Crippen LogP contribution in [0.25, 0.3) is 0 Å². The first-order valence-electron chi connectivity index (χ1n) is 9.56. The van der Waals surface area contributed by atoms with E-state index >= 15 is 0 Å². The number of rotatable bonds is 6. The lowest BCUT2D eigenvalue weighted by Gasteiger charge is -2.35. The number of aryl methyl sites for hydroxylation is 1. The smallest absolute Gasteiger partial charge is 0.233 e. The SMILES string of the molecule is Cc1cccc(Nc2nnc(S[C@H](C)C(=O)N[C@@H]3CCC[C@@H](C)[C@H]3C)s2)c1. The van der Waals surface area contributed by atoms with E-state index in [-0.39, 0.29) is 17.2 Å². The van der Waals surface area contributed by atoms with Gasteiger partial charge >= 0.3 is 0 Å². The molecule has 7 heteroatoms. The molecule has 0 spiro atoms. The third-order valence-corrected chi connectivity index (χ3v) is 7.38. The molecule has 1 fully saturated rings. The Morgan fingerprint density at radius 1 is 1.30 bits per heavy atom. The largest absolute Gasteiger partial charge is 0.352 e. The minimum Gasteiger partial charge on any atom is -0.352 e. The minimum atomic E-state index is -0.186. The molecule has 1 amide bonds. The third-order valence-electron chi connectivity index (χ3n) is 5.36. The summed E-state index contributed by atoms with van der Waals surface area (Å²) in [7, 11) is 0. The van der Waals surface area contributed by atoms with Crippen LogP contribution < -0.4 is 10.6 Å². The van der Waals surface area contributed by atoms with Crippen molar-refractivity contribution in [2.75, 3.05) is 5.32 Å². The molecule has 2 N–H and O–H groups in total. The minimum absolute atomic E-state index is 0.0920. The van der Waals surface area contributed by atoms with E-state index in [0.29, 0.717) is 11.8 Å². The molecule has 146 valence electrons. The number of anilines is 2. The number of aromatic nitrogens is 2. The Morgan fingerprint density at radius 3 is 2.89 bits per heavy atom. The summed E-state index contributed by atoms with van der Waals surface area (Å²) in [6.07, 6.45) is 3.54. The molecule has 0 saturated heterocycles. The van der Waals surface area contributed by atoms with Gasteiger partial charge in [0.2, 0.25) is 11.0 Å². The van der Waals surface area contributed by atoms with Gasteiger partial charge in [-0.05, 0) is 49.8 Å². The number of nitrogens with zero attached hydrogens (tertiary/aromatic N) is 2. The van der Waals surface area contributed by atoms with Crippen LogP contribution in [0.1, 0.15) is 45.6 Å². The van der Waals surface area contributed by atoms with E-state index in [4.69, 9.17) is 0 Å². The predicted molar refractivity (Wildman–Crippen MR) is 114 cm³/mol. The molecule has 1 aliphatic rings. The number of hydrogen-bond acceptors (Lipinski definition) is 6. The van der Waals surface area contributed by atoms with Gasteiger partial charge in [-0.1, -0.05) is 61.9 Å². The molecule has 1 aromatic carbocycles. The molecule has 0 radical (unpaired) electrons. The quantitative estimate of drug-likeness (QED) is 0.662. The summed E-state index contributed by atoms with van der Waals surface area (Å²) in [6, 6.07) is 8.42. The van der Waals surface area contributed by atoms with Crippen LogP contribution in [0.3, 0.4) is 0 Å². The highest BCUT2D eigenvalue weighted by atomic mass is 32.2. The second kappa shape index (κ2) is 9.06. The van der Waals surface area contributed by atoms with Gasteiger partial charge in [-0.2, -0.15) is 0 Å². The van der Waals surface area contributed by atoms with E-state index in [1.807, 2.05) is 19.1 Å². The van der Waals surface area contributed by atoms with Gasteiger partial charge in [-0.25, -0.2) is 0 Å². The van der Waals surface area contributed by atoms with Gasteiger partial charge in [0.15, 0.2) is 4.34 Å². The lowest BCUT2D eigenvalue weighted by molar-refractivity contribution is -0.121. The van der Waals surface area contributed by atoms with Crippen molar-refractivity contribution in [3.05, 3.63) is 29.8 Å². The zero-order valence-electron chi connectivity index (χ0n) is 16.4. The first kappa shape index (κ1) is 20.1. The molecule has 5 nitrogen and oxygen atoms in total. The first-order valence-corrected chi connectivity index (χ1v) is 11.3. The molecule has 0 bridgehead atoms. The van der Waals surface area contributed by atoms with E-state index in [9.17, 15) is 4.79 Å². The van der Waals surface area contributed by atoms with E-state index in [1.165, 1.54) is 41.5 Å². The number of benzene rings is 1. The molecule has 1 aliphatic carbocycles. The average Bonchev–Trinajstić information content (AvgIpc) is 3.05. The topological polar surface area (TPSA) is 66.9 Å². The van der Waals surface area contributed by atoms with Gasteiger partial charge in [0.05, 0.1) is 5.25 Å². The molecule has 3 rings (SSSR count). The maximum absolute atomic E-state index is 12.6. The Hall–Kier alpha value is -1.60. The van der Waals surface area contributed by atoms with Crippen LogP contribution in [0, 0.1) is 18.8 Å². The molecule has 2 aromatic rings. The molecule has 27 heavy (non-hydrogen) atoms. The van der Waals surface area contributed by atoms with Gasteiger partial charge in [0.25, 0.3) is 0 Å². The normalized spacial score (nSPS) is 23.6. The summed E-state index contributed by atoms with van der Waals surface area (Å²) in [5, 5.41) is 15.5. The Balaban J connectivity index is 1.54. The van der Waals surface area contributed by atoms with Crippen LogP contribution in [0.2, 0.25) is 0 Å². The van der Waals surface area contributed by atoms with Crippen LogP contribution in [-0.2, 0) is 4.79 Å². The predicted octanol–water partition coefficient (Wildman–Crippen LogP) is 5.01. The average molecular weight is 405 g/mol. The van der Waals surface area contributed by atoms with E-state index in [0.717, 1.165) is 21.6 Å². The van der Waals surface area contributed by atoms with E-state index in [2.05, 4.69) is 53.7 Å². The second-order valence-corrected chi connectivity index (χ2v) is 10.1. The number of carbonyl (C=O) groups is 1. The van der Waals surface area contributed by atoms with Crippen molar-refractivity contribution in [2.45, 2.75) is 62.6 Å². The van der Waals surface area contributed by atoms with Gasteiger partial charge in [0, 0.05) is 11.7 Å². The van der Waals surface area contributed by atoms with Gasteiger partial charge in [-0.15, -0.1) is 10.2 Å². The van der Waals surface area contributed by atoms with Crippen molar-refractivity contribution >= 4 is 39.8 Å². The molecule has 0 unspecified atom stereocenters. The zero-order chi connectivity index (χ0) is 19.4. The van der Waals surface area contributed by atoms with Crippen LogP contribution in [0.5, 0.6) is 0 Å². The standard InChI is InChI=1S/C20H28N4OS2/c1-12-7-5-9-16(11-12)21-19-23-24-20(27-19)26-15(4)18(25)22-17-10-6-8-13(2)14(17)3/h5,7,9,11,13-15,17H,6,8,10H2,1-4H3,(H,21,23)(H,22,25)/t13-,14-,15-,17-/m1/s1. The lowest BCUT2D eigenvalue weighted by Crippen LogP contribution is -2.46. The van der Waals surface area contributed by atoms with Crippen LogP contribution in [-0.4, -0.2) is 27.4 Å². The highest BCUT2D eigenvalue weighted by molar-refractivity contribution is 8.02. The maximum atomic E-state index is 12.6. The number of thioether (sulfide) groups is 1. The highest BCUT2D eigenvalue weighted by Crippen LogP contribution is 2.32. The summed E-state index contributed by atoms with van der Waals surface area (Å²) in [4.78, 5) is 12.6. The Bertz CT molecular complexity index is 779. The van der Waals surface area contributed by atoms with E-state index < -0.39 is 0 Å². The zero-order valence-corrected chi connectivity index (χ0v) is 18.0. The molecular weight excluding hydrogens is 376 g/mol. The molecule has 4 atom stereocenters. The molecule has 1 heterocycles. The number of hydrogen-bond donors (Lipinski definition) is 2. The fourth-order valence-electron chi connectivity index (χ4n) is 3.44. The van der Waals surface area contributed by atoms with Gasteiger partial charge < -0.3 is 10.6 Å². The molecule has 1 aromatic heterocycles. The summed E-state index contributed by atoms with van der Waals surface area (Å²) in [6.45, 7) is 8.53. The molecule has 1 saturated carbocycles. The van der Waals surface area contributed by atoms with Crippen LogP contribution in [0.4, 0.5) is 10.8 Å². The fourth-order valence-corrected chi connectivity index (χ4v) is 5.37. The van der Waals surface area contributed by atoms with Crippen LogP contribution in [0.15, 0.2) is 28.6 Å². The molecular formula is C20H28N4OS2. The van der Waals surface area contributed by atoms with Crippen molar-refractivity contribution in [1.82, 2.24) is 15.5 Å². The van der Waals surface area contributed by atoms with Crippen molar-refractivity contribution in [2.24, 2.45) is 11.8 Å².